The molecule has 0 saturated heterocycles. The lowest BCUT2D eigenvalue weighted by Gasteiger charge is -2.37. The average molecular weight is 257 g/mol. The van der Waals surface area contributed by atoms with Gasteiger partial charge in [-0.05, 0) is 12.8 Å². The summed E-state index contributed by atoms with van der Waals surface area (Å²) in [4.78, 5) is 21.6. The topological polar surface area (TPSA) is 66.4 Å². The molecule has 0 radical (unpaired) electrons. The van der Waals surface area contributed by atoms with Gasteiger partial charge in [-0.25, -0.2) is 8.78 Å². The van der Waals surface area contributed by atoms with Crippen LogP contribution in [0.1, 0.15) is 19.3 Å². The van der Waals surface area contributed by atoms with Gasteiger partial charge in [-0.2, -0.15) is 8.78 Å². The number of hydrogen-bond acceptors (Lipinski definition) is 2. The van der Waals surface area contributed by atoms with E-state index in [0.717, 1.165) is 0 Å². The number of carboxylic acid groups (broad SMARTS) is 1. The van der Waals surface area contributed by atoms with Crippen LogP contribution >= 0.6 is 0 Å². The molecule has 1 aliphatic carbocycles. The molecular weight excluding hydrogens is 246 g/mol. The normalized spacial score (nSPS) is 18.6. The van der Waals surface area contributed by atoms with Gasteiger partial charge in [-0.15, -0.1) is 0 Å². The van der Waals surface area contributed by atoms with Crippen molar-refractivity contribution in [2.24, 2.45) is 5.41 Å². The smallest absolute Gasteiger partial charge is 0.383 e. The Kier molecular flexibility index (Phi) is 3.63. The van der Waals surface area contributed by atoms with Crippen molar-refractivity contribution in [1.29, 1.82) is 0 Å². The van der Waals surface area contributed by atoms with E-state index in [9.17, 15) is 27.2 Å². The number of halogens is 4. The maximum absolute atomic E-state index is 12.5. The Bertz CT molecular complexity index is 328. The number of nitrogens with one attached hydrogen (secondary N) is 1. The highest BCUT2D eigenvalue weighted by Gasteiger charge is 2.51. The van der Waals surface area contributed by atoms with Crippen LogP contribution < -0.4 is 5.32 Å². The van der Waals surface area contributed by atoms with Crippen LogP contribution in [0, 0.1) is 5.41 Å². The van der Waals surface area contributed by atoms with Crippen LogP contribution in [-0.2, 0) is 9.59 Å². The molecule has 0 spiro atoms. The van der Waals surface area contributed by atoms with E-state index >= 15 is 0 Å². The molecule has 0 bridgehead atoms. The number of hydrogen-bond donors (Lipinski definition) is 2. The Morgan fingerprint density at radius 1 is 1.35 bits per heavy atom. The van der Waals surface area contributed by atoms with Crippen molar-refractivity contribution in [2.45, 2.75) is 31.6 Å². The highest BCUT2D eigenvalue weighted by Crippen LogP contribution is 2.40. The molecule has 1 fully saturated rings. The van der Waals surface area contributed by atoms with Crippen LogP contribution in [0.5, 0.6) is 0 Å². The summed E-state index contributed by atoms with van der Waals surface area (Å²) in [5, 5.41) is 10.4. The van der Waals surface area contributed by atoms with Crippen LogP contribution in [0.2, 0.25) is 0 Å². The van der Waals surface area contributed by atoms with Gasteiger partial charge in [0.15, 0.2) is 0 Å². The van der Waals surface area contributed by atoms with Crippen LogP contribution in [0.15, 0.2) is 0 Å². The number of alkyl halides is 4. The second-order valence-corrected chi connectivity index (χ2v) is 4.05. The summed E-state index contributed by atoms with van der Waals surface area (Å²) in [6.45, 7) is -0.552. The number of amides is 1. The van der Waals surface area contributed by atoms with E-state index in [1.807, 2.05) is 0 Å². The predicted octanol–water partition coefficient (Wildman–Crippen LogP) is 1.26. The molecule has 8 heteroatoms. The van der Waals surface area contributed by atoms with E-state index in [0.29, 0.717) is 6.42 Å². The average Bonchev–Trinajstić information content (AvgIpc) is 2.14. The first-order valence-electron chi connectivity index (χ1n) is 4.90. The van der Waals surface area contributed by atoms with E-state index in [-0.39, 0.29) is 12.8 Å². The third-order valence-corrected chi connectivity index (χ3v) is 2.93. The first-order chi connectivity index (χ1) is 7.72. The predicted molar refractivity (Wildman–Crippen MR) is 47.9 cm³/mol. The van der Waals surface area contributed by atoms with Crippen molar-refractivity contribution >= 4 is 11.9 Å². The third kappa shape index (κ3) is 2.50. The second kappa shape index (κ2) is 4.50. The molecule has 2 N–H and O–H groups in total. The van der Waals surface area contributed by atoms with Crippen LogP contribution in [0.3, 0.4) is 0 Å². The van der Waals surface area contributed by atoms with Crippen molar-refractivity contribution in [2.75, 3.05) is 6.54 Å². The van der Waals surface area contributed by atoms with Crippen molar-refractivity contribution in [3.05, 3.63) is 0 Å². The summed E-state index contributed by atoms with van der Waals surface area (Å²) in [5.41, 5.74) is -1.28. The first kappa shape index (κ1) is 13.7. The zero-order chi connectivity index (χ0) is 13.3. The molecule has 0 atom stereocenters. The Labute approximate surface area is 94.0 Å². The Morgan fingerprint density at radius 2 is 1.88 bits per heavy atom. The molecule has 17 heavy (non-hydrogen) atoms. The molecule has 0 aliphatic heterocycles. The number of carboxylic acids is 1. The summed E-state index contributed by atoms with van der Waals surface area (Å²) in [6, 6.07) is 0. The molecule has 4 nitrogen and oxygen atoms in total. The summed E-state index contributed by atoms with van der Waals surface area (Å²) < 4.78 is 48.7. The highest BCUT2D eigenvalue weighted by molar-refractivity contribution is 5.85. The van der Waals surface area contributed by atoms with Gasteiger partial charge in [0.1, 0.15) is 0 Å². The minimum atomic E-state index is -4.79. The van der Waals surface area contributed by atoms with Crippen LogP contribution in [0.25, 0.3) is 0 Å². The third-order valence-electron chi connectivity index (χ3n) is 2.93. The van der Waals surface area contributed by atoms with E-state index in [4.69, 9.17) is 5.11 Å². The number of carbonyl (C=O) groups is 2. The summed E-state index contributed by atoms with van der Waals surface area (Å²) in [6.07, 6.45) is -3.02. The fourth-order valence-corrected chi connectivity index (χ4v) is 1.54. The van der Waals surface area contributed by atoms with Crippen molar-refractivity contribution < 1.29 is 32.3 Å². The van der Waals surface area contributed by atoms with Crippen molar-refractivity contribution in [3.8, 4) is 0 Å². The van der Waals surface area contributed by atoms with Gasteiger partial charge >= 0.3 is 18.3 Å². The Morgan fingerprint density at radius 3 is 2.18 bits per heavy atom. The fourth-order valence-electron chi connectivity index (χ4n) is 1.54. The van der Waals surface area contributed by atoms with E-state index in [1.54, 1.807) is 5.32 Å². The number of rotatable bonds is 5. The molecule has 0 unspecified atom stereocenters. The van der Waals surface area contributed by atoms with Gasteiger partial charge < -0.3 is 10.4 Å². The molecular formula is C9H11F4NO3. The van der Waals surface area contributed by atoms with E-state index < -0.39 is 36.2 Å². The van der Waals surface area contributed by atoms with Gasteiger partial charge in [-0.1, -0.05) is 6.42 Å². The summed E-state index contributed by atoms with van der Waals surface area (Å²) in [7, 11) is 0. The Balaban J connectivity index is 2.56. The molecule has 1 saturated carbocycles. The first-order valence-corrected chi connectivity index (χ1v) is 4.90. The Hall–Kier alpha value is -1.34. The second-order valence-electron chi connectivity index (χ2n) is 4.05. The minimum Gasteiger partial charge on any atom is -0.481 e. The molecule has 0 aromatic rings. The maximum Gasteiger partial charge on any atom is 0.383 e. The minimum absolute atomic E-state index is 0.239. The van der Waals surface area contributed by atoms with Crippen LogP contribution in [-0.4, -0.2) is 35.9 Å². The number of aliphatic carboxylic acids is 1. The lowest BCUT2D eigenvalue weighted by Crippen LogP contribution is -2.52. The van der Waals surface area contributed by atoms with E-state index in [1.165, 1.54) is 0 Å². The molecule has 1 rings (SSSR count). The quantitative estimate of drug-likeness (QED) is 0.728. The van der Waals surface area contributed by atoms with Gasteiger partial charge in [0.05, 0.1) is 5.41 Å². The maximum atomic E-state index is 12.5. The summed E-state index contributed by atoms with van der Waals surface area (Å²) in [5.74, 6) is -8.15. The van der Waals surface area contributed by atoms with Gasteiger partial charge in [-0.3, -0.25) is 9.59 Å². The standard InChI is InChI=1S/C9H11F4NO3/c10-5(11)9(12,13)6(15)14-4-8(7(16)17)2-1-3-8/h5H,1-4H2,(H,14,15)(H,16,17). The highest BCUT2D eigenvalue weighted by atomic mass is 19.3. The monoisotopic (exact) mass is 257 g/mol. The lowest BCUT2D eigenvalue weighted by atomic mass is 9.69. The molecule has 1 amide bonds. The van der Waals surface area contributed by atoms with Crippen LogP contribution in [0.4, 0.5) is 17.6 Å². The molecule has 98 valence electrons. The largest absolute Gasteiger partial charge is 0.481 e. The lowest BCUT2D eigenvalue weighted by molar-refractivity contribution is -0.171. The summed E-state index contributed by atoms with van der Waals surface area (Å²) >= 11 is 0. The zero-order valence-corrected chi connectivity index (χ0v) is 8.68. The van der Waals surface area contributed by atoms with Gasteiger partial charge in [0.25, 0.3) is 5.91 Å². The SMILES string of the molecule is O=C(O)C1(CNC(=O)C(F)(F)C(F)F)CCC1. The van der Waals surface area contributed by atoms with Crippen molar-refractivity contribution in [3.63, 3.8) is 0 Å². The molecule has 1 aliphatic rings. The molecule has 0 heterocycles. The van der Waals surface area contributed by atoms with E-state index in [2.05, 4.69) is 0 Å². The van der Waals surface area contributed by atoms with Gasteiger partial charge in [0.2, 0.25) is 0 Å². The molecule has 0 aromatic carbocycles. The zero-order valence-electron chi connectivity index (χ0n) is 8.68. The molecule has 0 aromatic heterocycles. The van der Waals surface area contributed by atoms with Gasteiger partial charge in [0, 0.05) is 6.54 Å². The number of carbonyl (C=O) groups excluding carboxylic acids is 1. The fraction of sp³-hybridized carbons (Fsp3) is 0.778. The van der Waals surface area contributed by atoms with Crippen molar-refractivity contribution in [1.82, 2.24) is 5.32 Å².